The third-order valence-electron chi connectivity index (χ3n) is 4.37. The highest BCUT2D eigenvalue weighted by Crippen LogP contribution is 2.21. The molecule has 0 saturated heterocycles. The summed E-state index contributed by atoms with van der Waals surface area (Å²) in [6, 6.07) is 5.31. The first kappa shape index (κ1) is 20.3. The summed E-state index contributed by atoms with van der Waals surface area (Å²) in [5.74, 6) is 0.536. The first-order valence-corrected chi connectivity index (χ1v) is 8.98. The number of nitrogens with zero attached hydrogens (tertiary/aromatic N) is 2. The third-order valence-corrected chi connectivity index (χ3v) is 4.79. The molecule has 26 heavy (non-hydrogen) atoms. The number of aromatic nitrogens is 2. The van der Waals surface area contributed by atoms with Crippen molar-refractivity contribution in [2.24, 2.45) is 7.05 Å². The van der Waals surface area contributed by atoms with Crippen LogP contribution in [0.1, 0.15) is 28.9 Å². The first-order chi connectivity index (χ1) is 12.3. The van der Waals surface area contributed by atoms with Crippen molar-refractivity contribution >= 4 is 17.5 Å². The van der Waals surface area contributed by atoms with Gasteiger partial charge in [-0.15, -0.1) is 0 Å². The molecular weight excluding hydrogens is 354 g/mol. The molecular formula is C19H26ClN3O3. The molecule has 1 amide bonds. The Morgan fingerprint density at radius 2 is 2.12 bits per heavy atom. The van der Waals surface area contributed by atoms with Gasteiger partial charge in [0.15, 0.2) is 0 Å². The minimum atomic E-state index is -0.781. The van der Waals surface area contributed by atoms with Gasteiger partial charge in [-0.05, 0) is 56.5 Å². The van der Waals surface area contributed by atoms with Crippen LogP contribution in [-0.4, -0.2) is 40.0 Å². The predicted octanol–water partition coefficient (Wildman–Crippen LogP) is 2.49. The predicted molar refractivity (Wildman–Crippen MR) is 102 cm³/mol. The minimum absolute atomic E-state index is 0.0994. The number of hydrogen-bond acceptors (Lipinski definition) is 4. The van der Waals surface area contributed by atoms with Crippen LogP contribution < -0.4 is 10.1 Å². The van der Waals surface area contributed by atoms with Crippen LogP contribution in [0.15, 0.2) is 18.2 Å². The van der Waals surface area contributed by atoms with Crippen LogP contribution in [0.3, 0.4) is 0 Å². The fraction of sp³-hybridized carbons (Fsp3) is 0.474. The summed E-state index contributed by atoms with van der Waals surface area (Å²) >= 11 is 5.97. The molecule has 7 heteroatoms. The number of hydrogen-bond donors (Lipinski definition) is 2. The number of halogens is 1. The van der Waals surface area contributed by atoms with E-state index in [0.717, 1.165) is 22.5 Å². The number of aryl methyl sites for hydroxylation is 3. The Morgan fingerprint density at radius 1 is 1.38 bits per heavy atom. The molecule has 0 bridgehead atoms. The first-order valence-electron chi connectivity index (χ1n) is 8.60. The lowest BCUT2D eigenvalue weighted by Crippen LogP contribution is -2.35. The zero-order valence-electron chi connectivity index (χ0n) is 15.7. The second-order valence-electron chi connectivity index (χ2n) is 6.45. The van der Waals surface area contributed by atoms with E-state index in [9.17, 15) is 9.90 Å². The lowest BCUT2D eigenvalue weighted by molar-refractivity contribution is -0.121. The van der Waals surface area contributed by atoms with E-state index < -0.39 is 6.10 Å². The smallest absolute Gasteiger partial charge is 0.220 e. The van der Waals surface area contributed by atoms with Crippen LogP contribution >= 0.6 is 11.6 Å². The van der Waals surface area contributed by atoms with E-state index >= 15 is 0 Å². The maximum Gasteiger partial charge on any atom is 0.220 e. The van der Waals surface area contributed by atoms with Crippen molar-refractivity contribution in [2.75, 3.05) is 13.2 Å². The van der Waals surface area contributed by atoms with Crippen LogP contribution in [0.5, 0.6) is 5.75 Å². The largest absolute Gasteiger partial charge is 0.491 e. The number of nitrogens with one attached hydrogen (secondary N) is 1. The monoisotopic (exact) mass is 379 g/mol. The molecule has 0 fully saturated rings. The standard InChI is InChI=1S/C19H26ClN3O3/c1-12-9-16(5-7-18(12)20)26-11-15(24)10-21-19(25)8-6-17-13(2)22-23(4)14(17)3/h5,7,9,15,24H,6,8,10-11H2,1-4H3,(H,21,25). The number of rotatable bonds is 8. The molecule has 0 spiro atoms. The van der Waals surface area contributed by atoms with Crippen LogP contribution in [0, 0.1) is 20.8 Å². The van der Waals surface area contributed by atoms with Gasteiger partial charge in [0.2, 0.25) is 5.91 Å². The highest BCUT2D eigenvalue weighted by atomic mass is 35.5. The molecule has 1 atom stereocenters. The van der Waals surface area contributed by atoms with Crippen molar-refractivity contribution in [1.29, 1.82) is 0 Å². The van der Waals surface area contributed by atoms with E-state index in [4.69, 9.17) is 16.3 Å². The summed E-state index contributed by atoms with van der Waals surface area (Å²) in [5, 5.41) is 17.7. The Hall–Kier alpha value is -2.05. The molecule has 1 heterocycles. The molecule has 1 aromatic carbocycles. The zero-order chi connectivity index (χ0) is 19.3. The number of aliphatic hydroxyl groups is 1. The van der Waals surface area contributed by atoms with Crippen LogP contribution in [0.25, 0.3) is 0 Å². The van der Waals surface area contributed by atoms with Gasteiger partial charge in [0.1, 0.15) is 18.5 Å². The molecule has 0 aliphatic rings. The number of benzene rings is 1. The zero-order valence-corrected chi connectivity index (χ0v) is 16.4. The molecule has 0 aliphatic carbocycles. The van der Waals surface area contributed by atoms with Gasteiger partial charge < -0.3 is 15.2 Å². The van der Waals surface area contributed by atoms with Gasteiger partial charge in [-0.25, -0.2) is 0 Å². The normalized spacial score (nSPS) is 12.1. The lowest BCUT2D eigenvalue weighted by Gasteiger charge is -2.14. The Bertz CT molecular complexity index is 774. The summed E-state index contributed by atoms with van der Waals surface area (Å²) in [7, 11) is 1.89. The number of amides is 1. The van der Waals surface area contributed by atoms with Gasteiger partial charge in [-0.1, -0.05) is 11.6 Å². The Balaban J connectivity index is 1.72. The average molecular weight is 380 g/mol. The summed E-state index contributed by atoms with van der Waals surface area (Å²) in [5.41, 5.74) is 4.03. The number of aliphatic hydroxyl groups excluding tert-OH is 1. The summed E-state index contributed by atoms with van der Waals surface area (Å²) < 4.78 is 7.35. The molecule has 0 aliphatic heterocycles. The van der Waals surface area contributed by atoms with Gasteiger partial charge in [0.25, 0.3) is 0 Å². The number of carbonyl (C=O) groups is 1. The average Bonchev–Trinajstić information content (AvgIpc) is 2.84. The maximum absolute atomic E-state index is 12.0. The van der Waals surface area contributed by atoms with Crippen LogP contribution in [-0.2, 0) is 18.3 Å². The fourth-order valence-electron chi connectivity index (χ4n) is 2.70. The van der Waals surface area contributed by atoms with Gasteiger partial charge in [-0.2, -0.15) is 5.10 Å². The van der Waals surface area contributed by atoms with E-state index in [1.165, 1.54) is 0 Å². The highest BCUT2D eigenvalue weighted by Gasteiger charge is 2.13. The van der Waals surface area contributed by atoms with Gasteiger partial charge in [-0.3, -0.25) is 9.48 Å². The topological polar surface area (TPSA) is 76.4 Å². The van der Waals surface area contributed by atoms with Crippen molar-refractivity contribution < 1.29 is 14.6 Å². The second-order valence-corrected chi connectivity index (χ2v) is 6.86. The fourth-order valence-corrected chi connectivity index (χ4v) is 2.81. The summed E-state index contributed by atoms with van der Waals surface area (Å²) in [4.78, 5) is 12.0. The minimum Gasteiger partial charge on any atom is -0.491 e. The van der Waals surface area contributed by atoms with E-state index in [2.05, 4.69) is 10.4 Å². The molecule has 142 valence electrons. The maximum atomic E-state index is 12.0. The van der Waals surface area contributed by atoms with Gasteiger partial charge in [0.05, 0.1) is 5.69 Å². The second kappa shape index (κ2) is 9.05. The lowest BCUT2D eigenvalue weighted by atomic mass is 10.1. The molecule has 1 aromatic heterocycles. The molecule has 2 N–H and O–H groups in total. The van der Waals surface area contributed by atoms with Crippen molar-refractivity contribution in [1.82, 2.24) is 15.1 Å². The number of carbonyl (C=O) groups excluding carboxylic acids is 1. The van der Waals surface area contributed by atoms with E-state index in [1.54, 1.807) is 12.1 Å². The van der Waals surface area contributed by atoms with Crippen LogP contribution in [0.4, 0.5) is 0 Å². The van der Waals surface area contributed by atoms with Crippen molar-refractivity contribution in [3.63, 3.8) is 0 Å². The van der Waals surface area contributed by atoms with Gasteiger partial charge >= 0.3 is 0 Å². The molecule has 0 saturated carbocycles. The van der Waals surface area contributed by atoms with Gasteiger partial charge in [0, 0.05) is 30.7 Å². The molecule has 6 nitrogen and oxygen atoms in total. The van der Waals surface area contributed by atoms with Crippen molar-refractivity contribution in [3.8, 4) is 5.75 Å². The van der Waals surface area contributed by atoms with Crippen molar-refractivity contribution in [3.05, 3.63) is 45.7 Å². The highest BCUT2D eigenvalue weighted by molar-refractivity contribution is 6.31. The summed E-state index contributed by atoms with van der Waals surface area (Å²) in [6.45, 7) is 6.07. The number of ether oxygens (including phenoxy) is 1. The molecule has 0 radical (unpaired) electrons. The van der Waals surface area contributed by atoms with E-state index in [-0.39, 0.29) is 19.1 Å². The van der Waals surface area contributed by atoms with E-state index in [1.807, 2.05) is 38.6 Å². The van der Waals surface area contributed by atoms with Crippen LogP contribution in [0.2, 0.25) is 5.02 Å². The van der Waals surface area contributed by atoms with Crippen molar-refractivity contribution in [2.45, 2.75) is 39.7 Å². The Kier molecular flexibility index (Phi) is 7.06. The Labute approximate surface area is 159 Å². The third kappa shape index (κ3) is 5.47. The summed E-state index contributed by atoms with van der Waals surface area (Å²) in [6.07, 6.45) is 0.211. The SMILES string of the molecule is Cc1cc(OCC(O)CNC(=O)CCc2c(C)nn(C)c2C)ccc1Cl. The molecule has 2 aromatic rings. The molecule has 2 rings (SSSR count). The molecule has 1 unspecified atom stereocenters. The quantitative estimate of drug-likeness (QED) is 0.738. The van der Waals surface area contributed by atoms with E-state index in [0.29, 0.717) is 23.6 Å². The Morgan fingerprint density at radius 3 is 2.73 bits per heavy atom.